The van der Waals surface area contributed by atoms with Gasteiger partial charge >= 0.3 is 0 Å². The van der Waals surface area contributed by atoms with E-state index in [2.05, 4.69) is 46.8 Å². The van der Waals surface area contributed by atoms with Crippen molar-refractivity contribution in [2.45, 2.75) is 86.0 Å². The topological polar surface area (TPSA) is 34.1 Å². The van der Waals surface area contributed by atoms with E-state index < -0.39 is 0 Å². The highest BCUT2D eigenvalue weighted by Gasteiger charge is 2.71. The Morgan fingerprint density at radius 3 is 2.43 bits per heavy atom. The van der Waals surface area contributed by atoms with Crippen LogP contribution in [0.2, 0.25) is 0 Å². The molecular formula is C28H38O2. The van der Waals surface area contributed by atoms with E-state index in [9.17, 15) is 9.59 Å². The van der Waals surface area contributed by atoms with Gasteiger partial charge in [-0.25, -0.2) is 0 Å². The molecule has 0 saturated heterocycles. The maximum absolute atomic E-state index is 13.4. The largest absolute Gasteiger partial charge is 0.300 e. The molecule has 5 fully saturated rings. The third-order valence-electron chi connectivity index (χ3n) is 11.3. The van der Waals surface area contributed by atoms with E-state index in [0.717, 1.165) is 24.2 Å². The van der Waals surface area contributed by atoms with Crippen molar-refractivity contribution in [1.82, 2.24) is 0 Å². The predicted octanol–water partition coefficient (Wildman–Crippen LogP) is 6.31. The summed E-state index contributed by atoms with van der Waals surface area (Å²) in [5.41, 5.74) is 3.93. The van der Waals surface area contributed by atoms with E-state index in [1.807, 2.05) is 0 Å². The first kappa shape index (κ1) is 19.5. The van der Waals surface area contributed by atoms with Gasteiger partial charge in [-0.15, -0.1) is 0 Å². The number of allylic oxidation sites excluding steroid dienone is 4. The summed E-state index contributed by atoms with van der Waals surface area (Å²) in [5, 5.41) is 0. The molecule has 7 rings (SSSR count). The van der Waals surface area contributed by atoms with Gasteiger partial charge in [-0.05, 0) is 90.2 Å². The summed E-state index contributed by atoms with van der Waals surface area (Å²) in [6.07, 6.45) is 13.2. The number of hydrogen-bond donors (Lipinski definition) is 0. The third kappa shape index (κ3) is 2.17. The normalized spacial score (nSPS) is 53.3. The maximum atomic E-state index is 13.4. The highest BCUT2D eigenvalue weighted by atomic mass is 16.1. The number of Topliss-reactive ketones (excluding diaryl/α,β-unsaturated/α-hetero) is 1. The highest BCUT2D eigenvalue weighted by Crippen LogP contribution is 2.79. The average molecular weight is 407 g/mol. The van der Waals surface area contributed by atoms with Crippen LogP contribution in [0.15, 0.2) is 23.3 Å². The summed E-state index contributed by atoms with van der Waals surface area (Å²) >= 11 is 0. The first-order valence-corrected chi connectivity index (χ1v) is 12.5. The molecule has 0 aromatic carbocycles. The molecule has 0 amide bonds. The average Bonchev–Trinajstić information content (AvgIpc) is 2.95. The molecule has 0 aromatic rings. The molecule has 8 atom stereocenters. The van der Waals surface area contributed by atoms with E-state index in [1.54, 1.807) is 0 Å². The summed E-state index contributed by atoms with van der Waals surface area (Å²) < 4.78 is 0. The summed E-state index contributed by atoms with van der Waals surface area (Å²) in [7, 11) is 0. The molecule has 0 aliphatic heterocycles. The highest BCUT2D eigenvalue weighted by molar-refractivity contribution is 6.00. The number of carbonyl (C=O) groups is 2. The van der Waals surface area contributed by atoms with Crippen LogP contribution in [0.25, 0.3) is 0 Å². The Kier molecular flexibility index (Phi) is 3.64. The van der Waals surface area contributed by atoms with E-state index in [4.69, 9.17) is 0 Å². The minimum Gasteiger partial charge on any atom is -0.300 e. The van der Waals surface area contributed by atoms with Gasteiger partial charge in [-0.2, -0.15) is 0 Å². The number of hydrogen-bond acceptors (Lipinski definition) is 2. The van der Waals surface area contributed by atoms with Crippen LogP contribution in [0.3, 0.4) is 0 Å². The van der Waals surface area contributed by atoms with Crippen molar-refractivity contribution in [2.24, 2.45) is 51.2 Å². The summed E-state index contributed by atoms with van der Waals surface area (Å²) in [4.78, 5) is 25.6. The zero-order valence-electron chi connectivity index (χ0n) is 19.5. The Labute approximate surface area is 182 Å². The Morgan fingerprint density at radius 2 is 1.73 bits per heavy atom. The molecule has 30 heavy (non-hydrogen) atoms. The van der Waals surface area contributed by atoms with Crippen LogP contribution in [-0.2, 0) is 9.59 Å². The van der Waals surface area contributed by atoms with Crippen molar-refractivity contribution in [3.05, 3.63) is 23.3 Å². The van der Waals surface area contributed by atoms with Crippen molar-refractivity contribution in [3.63, 3.8) is 0 Å². The van der Waals surface area contributed by atoms with Gasteiger partial charge in [0.25, 0.3) is 0 Å². The van der Waals surface area contributed by atoms with E-state index >= 15 is 0 Å². The van der Waals surface area contributed by atoms with Gasteiger partial charge in [0.1, 0.15) is 5.78 Å². The van der Waals surface area contributed by atoms with E-state index in [1.165, 1.54) is 43.3 Å². The Morgan fingerprint density at radius 1 is 0.967 bits per heavy atom. The van der Waals surface area contributed by atoms with Crippen LogP contribution in [0.5, 0.6) is 0 Å². The quantitative estimate of drug-likeness (QED) is 0.473. The number of rotatable bonds is 0. The lowest BCUT2D eigenvalue weighted by Gasteiger charge is -2.73. The van der Waals surface area contributed by atoms with Gasteiger partial charge in [0, 0.05) is 29.6 Å². The lowest BCUT2D eigenvalue weighted by Crippen LogP contribution is -2.66. The molecule has 8 unspecified atom stereocenters. The summed E-state index contributed by atoms with van der Waals surface area (Å²) in [6, 6.07) is 0. The van der Waals surface area contributed by atoms with E-state index in [-0.39, 0.29) is 28.3 Å². The molecule has 7 aliphatic carbocycles. The molecule has 0 N–H and O–H groups in total. The number of carbonyl (C=O) groups excluding carboxylic acids is 2. The van der Waals surface area contributed by atoms with Crippen LogP contribution >= 0.6 is 0 Å². The Balaban J connectivity index is 1.47. The van der Waals surface area contributed by atoms with Crippen LogP contribution in [0.4, 0.5) is 0 Å². The van der Waals surface area contributed by atoms with Gasteiger partial charge in [0.2, 0.25) is 0 Å². The summed E-state index contributed by atoms with van der Waals surface area (Å²) in [6.45, 7) is 12.2. The molecule has 2 nitrogen and oxygen atoms in total. The van der Waals surface area contributed by atoms with Crippen molar-refractivity contribution in [3.8, 4) is 0 Å². The van der Waals surface area contributed by atoms with Crippen LogP contribution < -0.4 is 0 Å². The molecular weight excluding hydrogens is 368 g/mol. The first-order valence-electron chi connectivity index (χ1n) is 12.5. The van der Waals surface area contributed by atoms with Crippen LogP contribution in [-0.4, -0.2) is 11.6 Å². The van der Waals surface area contributed by atoms with Crippen molar-refractivity contribution in [2.75, 3.05) is 0 Å². The molecule has 2 heteroatoms. The second-order valence-corrected chi connectivity index (χ2v) is 13.3. The molecule has 0 radical (unpaired) electrons. The fraction of sp³-hybridized carbons (Fsp3) is 0.786. The van der Waals surface area contributed by atoms with Gasteiger partial charge in [0.15, 0.2) is 5.78 Å². The lowest BCUT2D eigenvalue weighted by atomic mass is 9.31. The third-order valence-corrected chi connectivity index (χ3v) is 11.3. The van der Waals surface area contributed by atoms with Gasteiger partial charge in [-0.1, -0.05) is 40.7 Å². The molecule has 2 bridgehead atoms. The zero-order valence-corrected chi connectivity index (χ0v) is 19.5. The van der Waals surface area contributed by atoms with Crippen molar-refractivity contribution >= 4 is 11.6 Å². The maximum Gasteiger partial charge on any atom is 0.160 e. The Hall–Kier alpha value is -1.18. The molecule has 0 aromatic heterocycles. The van der Waals surface area contributed by atoms with Crippen molar-refractivity contribution in [1.29, 1.82) is 0 Å². The molecule has 0 heterocycles. The lowest BCUT2D eigenvalue weighted by molar-refractivity contribution is -0.186. The fourth-order valence-electron chi connectivity index (χ4n) is 9.94. The van der Waals surface area contributed by atoms with Gasteiger partial charge in [-0.3, -0.25) is 9.59 Å². The summed E-state index contributed by atoms with van der Waals surface area (Å²) in [5.74, 6) is 3.35. The monoisotopic (exact) mass is 406 g/mol. The number of fused-ring (bicyclic) bond motifs is 3. The van der Waals surface area contributed by atoms with Crippen molar-refractivity contribution < 1.29 is 9.59 Å². The molecule has 2 spiro atoms. The Bertz CT molecular complexity index is 921. The fourth-order valence-corrected chi connectivity index (χ4v) is 9.94. The van der Waals surface area contributed by atoms with Crippen LogP contribution in [0, 0.1) is 51.2 Å². The minimum absolute atomic E-state index is 0.119. The van der Waals surface area contributed by atoms with Gasteiger partial charge in [0.05, 0.1) is 0 Å². The second-order valence-electron chi connectivity index (χ2n) is 13.3. The SMILES string of the molecule is CC1C=C2C(=CC(=O)C3CC(=O)CCC23C)C23CC(C(C)C4(CCC(C)(C)C4)C2)C13. The van der Waals surface area contributed by atoms with Crippen LogP contribution in [0.1, 0.15) is 86.0 Å². The minimum atomic E-state index is -0.126. The first-order chi connectivity index (χ1) is 14.0. The number of ketones is 2. The second kappa shape index (κ2) is 5.59. The molecule has 162 valence electrons. The standard InChI is InChI=1S/C28H38O2/c1-16-10-20-21(12-23(30)22-11-18(29)6-7-26(20,22)5)28-13-19(24(16)28)17(2)27(15-28)9-8-25(3,4)14-27/h10,12,16-17,19,22,24H,6-9,11,13-15H2,1-5H3. The van der Waals surface area contributed by atoms with Gasteiger partial charge < -0.3 is 0 Å². The van der Waals surface area contributed by atoms with E-state index in [0.29, 0.717) is 29.6 Å². The molecule has 7 aliphatic rings. The molecule has 5 saturated carbocycles. The zero-order chi connectivity index (χ0) is 21.3. The smallest absolute Gasteiger partial charge is 0.160 e. The predicted molar refractivity (Wildman–Crippen MR) is 119 cm³/mol.